The first-order valence-corrected chi connectivity index (χ1v) is 10.9. The van der Waals surface area contributed by atoms with E-state index in [-0.39, 0.29) is 0 Å². The second-order valence-electron chi connectivity index (χ2n) is 6.19. The summed E-state index contributed by atoms with van der Waals surface area (Å²) in [4.78, 5) is 3.78. The van der Waals surface area contributed by atoms with Crippen LogP contribution in [0.4, 0.5) is 0 Å². The van der Waals surface area contributed by atoms with Crippen LogP contribution < -0.4 is 0 Å². The number of benzene rings is 2. The predicted octanol–water partition coefficient (Wildman–Crippen LogP) is 5.28. The maximum atomic E-state index is 4.04. The maximum absolute atomic E-state index is 4.04. The van der Waals surface area contributed by atoms with Crippen LogP contribution in [0.25, 0.3) is 25.7 Å². The standard InChI is InChI=1S/C21H16SSe/c1-3-12-10-13-5-7-17-19-14(11-15-8-9-23-21(15)17)4-6-16(18(13)19)20(12)22-2/h3-9H,1,10-11H2,2H3. The molecule has 0 saturated carbocycles. The Labute approximate surface area is 146 Å². The molecule has 112 valence electrons. The van der Waals surface area contributed by atoms with Gasteiger partial charge in [0.25, 0.3) is 0 Å². The third-order valence-corrected chi connectivity index (χ3v) is 8.04. The van der Waals surface area contributed by atoms with Gasteiger partial charge >= 0.3 is 147 Å². The molecule has 0 amide bonds. The average Bonchev–Trinajstić information content (AvgIpc) is 3.06. The number of allylic oxidation sites excluding steroid dienone is 2. The minimum absolute atomic E-state index is 0.506. The van der Waals surface area contributed by atoms with Crippen molar-refractivity contribution in [2.24, 2.45) is 0 Å². The van der Waals surface area contributed by atoms with Crippen LogP contribution in [0.2, 0.25) is 0 Å². The third kappa shape index (κ3) is 1.80. The van der Waals surface area contributed by atoms with E-state index in [1.807, 2.05) is 17.8 Å². The van der Waals surface area contributed by atoms with Gasteiger partial charge in [-0.2, -0.15) is 0 Å². The fraction of sp³-hybridized carbons (Fsp3) is 0.143. The summed E-state index contributed by atoms with van der Waals surface area (Å²) in [7, 11) is 0. The first-order chi connectivity index (χ1) is 11.3. The summed E-state index contributed by atoms with van der Waals surface area (Å²) in [6.07, 6.45) is 6.35. The van der Waals surface area contributed by atoms with Crippen molar-refractivity contribution in [3.8, 4) is 10.0 Å². The molecule has 1 aromatic heterocycles. The van der Waals surface area contributed by atoms with Crippen molar-refractivity contribution in [2.75, 3.05) is 6.26 Å². The van der Waals surface area contributed by atoms with Crippen molar-refractivity contribution in [1.29, 1.82) is 0 Å². The normalized spacial score (nSPS) is 15.0. The van der Waals surface area contributed by atoms with Gasteiger partial charge in [0.05, 0.1) is 0 Å². The molecule has 0 unspecified atom stereocenters. The Morgan fingerprint density at radius 2 is 1.70 bits per heavy atom. The molecule has 0 radical (unpaired) electrons. The Bertz CT molecular complexity index is 1020. The van der Waals surface area contributed by atoms with Gasteiger partial charge in [0, 0.05) is 0 Å². The van der Waals surface area contributed by atoms with Gasteiger partial charge < -0.3 is 0 Å². The molecular formula is C21H16SSe. The Morgan fingerprint density at radius 1 is 0.957 bits per heavy atom. The molecule has 1 heterocycles. The van der Waals surface area contributed by atoms with E-state index in [1.165, 1.54) is 43.5 Å². The molecule has 2 aliphatic carbocycles. The summed E-state index contributed by atoms with van der Waals surface area (Å²) in [6.45, 7) is 4.04. The Hall–Kier alpha value is -1.47. The fourth-order valence-electron chi connectivity index (χ4n) is 4.09. The SMILES string of the molecule is C=CC1=C(SC)c2ccc3c4c(ccc(c24)C1)-c1[se]ccc1C3. The number of fused-ring (bicyclic) bond motifs is 2. The number of thioether (sulfide) groups is 1. The summed E-state index contributed by atoms with van der Waals surface area (Å²) in [5.74, 6) is 0. The molecule has 2 aliphatic rings. The Morgan fingerprint density at radius 3 is 2.48 bits per heavy atom. The van der Waals surface area contributed by atoms with Crippen LogP contribution in [0.1, 0.15) is 22.3 Å². The zero-order chi connectivity index (χ0) is 15.6. The van der Waals surface area contributed by atoms with Gasteiger partial charge in [0.15, 0.2) is 0 Å². The Kier molecular flexibility index (Phi) is 3.03. The van der Waals surface area contributed by atoms with E-state index < -0.39 is 0 Å². The van der Waals surface area contributed by atoms with Crippen molar-refractivity contribution < 1.29 is 0 Å². The quantitative estimate of drug-likeness (QED) is 0.427. The minimum atomic E-state index is 0.506. The molecule has 0 fully saturated rings. The molecule has 3 aromatic rings. The van der Waals surface area contributed by atoms with E-state index in [0.717, 1.165) is 12.8 Å². The predicted molar refractivity (Wildman–Crippen MR) is 103 cm³/mol. The molecule has 0 atom stereocenters. The van der Waals surface area contributed by atoms with Crippen molar-refractivity contribution in [2.45, 2.75) is 12.8 Å². The molecule has 0 aliphatic heterocycles. The molecule has 0 spiro atoms. The molecule has 0 nitrogen and oxygen atoms in total. The van der Waals surface area contributed by atoms with E-state index in [1.54, 1.807) is 10.0 Å². The number of hydrogen-bond acceptors (Lipinski definition) is 1. The summed E-state index contributed by atoms with van der Waals surface area (Å²) in [5, 5.41) is 3.03. The van der Waals surface area contributed by atoms with Crippen molar-refractivity contribution in [3.05, 3.63) is 75.8 Å². The summed E-state index contributed by atoms with van der Waals surface area (Å²) >= 11 is 2.37. The van der Waals surface area contributed by atoms with Gasteiger partial charge in [-0.15, -0.1) is 0 Å². The van der Waals surface area contributed by atoms with Crippen LogP contribution in [0.5, 0.6) is 0 Å². The van der Waals surface area contributed by atoms with Gasteiger partial charge in [-0.05, 0) is 0 Å². The molecular weight excluding hydrogens is 363 g/mol. The first kappa shape index (κ1) is 13.9. The first-order valence-electron chi connectivity index (χ1n) is 7.86. The molecule has 2 aromatic carbocycles. The van der Waals surface area contributed by atoms with E-state index in [4.69, 9.17) is 0 Å². The molecule has 0 bridgehead atoms. The van der Waals surface area contributed by atoms with Gasteiger partial charge in [-0.1, -0.05) is 0 Å². The van der Waals surface area contributed by atoms with E-state index in [9.17, 15) is 0 Å². The van der Waals surface area contributed by atoms with Crippen LogP contribution in [0, 0.1) is 0 Å². The summed E-state index contributed by atoms with van der Waals surface area (Å²) < 4.78 is 1.61. The molecule has 5 rings (SSSR count). The Balaban J connectivity index is 1.94. The average molecular weight is 379 g/mol. The second-order valence-corrected chi connectivity index (χ2v) is 8.92. The fourth-order valence-corrected chi connectivity index (χ4v) is 6.91. The monoisotopic (exact) mass is 380 g/mol. The van der Waals surface area contributed by atoms with Crippen molar-refractivity contribution in [1.82, 2.24) is 0 Å². The van der Waals surface area contributed by atoms with Gasteiger partial charge in [-0.3, -0.25) is 0 Å². The molecule has 0 N–H and O–H groups in total. The zero-order valence-electron chi connectivity index (χ0n) is 13.0. The second kappa shape index (κ2) is 5.01. The van der Waals surface area contributed by atoms with Crippen molar-refractivity contribution in [3.63, 3.8) is 0 Å². The van der Waals surface area contributed by atoms with E-state index in [2.05, 4.69) is 48.1 Å². The zero-order valence-corrected chi connectivity index (χ0v) is 15.5. The molecule has 0 saturated heterocycles. The third-order valence-electron chi connectivity index (χ3n) is 5.07. The van der Waals surface area contributed by atoms with E-state index >= 15 is 0 Å². The van der Waals surface area contributed by atoms with Gasteiger partial charge in [0.2, 0.25) is 0 Å². The van der Waals surface area contributed by atoms with Crippen molar-refractivity contribution >= 4 is 41.9 Å². The molecule has 23 heavy (non-hydrogen) atoms. The van der Waals surface area contributed by atoms with Gasteiger partial charge in [-0.25, -0.2) is 0 Å². The number of hydrogen-bond donors (Lipinski definition) is 0. The van der Waals surface area contributed by atoms with Crippen LogP contribution in [-0.2, 0) is 12.8 Å². The number of rotatable bonds is 2. The van der Waals surface area contributed by atoms with Gasteiger partial charge in [0.1, 0.15) is 0 Å². The van der Waals surface area contributed by atoms with Crippen LogP contribution in [0.15, 0.2) is 53.5 Å². The van der Waals surface area contributed by atoms with Crippen LogP contribution in [0.3, 0.4) is 0 Å². The van der Waals surface area contributed by atoms with Crippen LogP contribution in [-0.4, -0.2) is 20.8 Å². The summed E-state index contributed by atoms with van der Waals surface area (Å²) in [6, 6.07) is 11.8. The summed E-state index contributed by atoms with van der Waals surface area (Å²) in [5.41, 5.74) is 8.80. The van der Waals surface area contributed by atoms with Crippen LogP contribution >= 0.6 is 11.8 Å². The van der Waals surface area contributed by atoms with E-state index in [0.29, 0.717) is 14.5 Å². The topological polar surface area (TPSA) is 0 Å². The molecule has 2 heteroatoms.